The molecule has 27 heavy (non-hydrogen) atoms. The lowest BCUT2D eigenvalue weighted by Crippen LogP contribution is -2.14. The molecule has 0 saturated heterocycles. The minimum absolute atomic E-state index is 0.0978. The number of rotatable bonds is 5. The molecular formula is C19H13ClF3NO3. The Bertz CT molecular complexity index is 936. The molecule has 0 amide bonds. The van der Waals surface area contributed by atoms with Gasteiger partial charge in [-0.3, -0.25) is 4.79 Å². The molecule has 0 atom stereocenters. The van der Waals surface area contributed by atoms with Crippen LogP contribution in [-0.4, -0.2) is 11.0 Å². The first-order valence-electron chi connectivity index (χ1n) is 7.90. The molecule has 4 nitrogen and oxygen atoms in total. The number of aryl methyl sites for hydroxylation is 1. The van der Waals surface area contributed by atoms with E-state index in [1.54, 1.807) is 24.3 Å². The predicted molar refractivity (Wildman–Crippen MR) is 92.3 cm³/mol. The zero-order valence-corrected chi connectivity index (χ0v) is 14.6. The summed E-state index contributed by atoms with van der Waals surface area (Å²) in [7, 11) is 0. The number of para-hydroxylation sites is 1. The highest BCUT2D eigenvalue weighted by Gasteiger charge is 2.34. The van der Waals surface area contributed by atoms with Gasteiger partial charge in [-0.15, -0.1) is 0 Å². The molecule has 0 saturated carbocycles. The number of hydrogen-bond acceptors (Lipinski definition) is 4. The third-order valence-corrected chi connectivity index (χ3v) is 3.89. The molecule has 0 bridgehead atoms. The molecule has 0 spiro atoms. The fourth-order valence-electron chi connectivity index (χ4n) is 2.35. The van der Waals surface area contributed by atoms with Gasteiger partial charge in [0.05, 0.1) is 18.2 Å². The van der Waals surface area contributed by atoms with Crippen molar-refractivity contribution in [3.63, 3.8) is 0 Å². The third-order valence-electron chi connectivity index (χ3n) is 3.64. The number of ether oxygens (including phenoxy) is 1. The lowest BCUT2D eigenvalue weighted by atomic mass is 10.2. The van der Waals surface area contributed by atoms with Crippen LogP contribution in [0, 0.1) is 0 Å². The average molecular weight is 396 g/mol. The van der Waals surface area contributed by atoms with Gasteiger partial charge < -0.3 is 9.15 Å². The molecule has 0 aliphatic carbocycles. The summed E-state index contributed by atoms with van der Waals surface area (Å²) < 4.78 is 49.1. The van der Waals surface area contributed by atoms with Gasteiger partial charge in [0.1, 0.15) is 5.75 Å². The summed E-state index contributed by atoms with van der Waals surface area (Å²) in [6.45, 7) is 0. The Kier molecular flexibility index (Phi) is 5.51. The van der Waals surface area contributed by atoms with Crippen LogP contribution in [0.2, 0.25) is 5.02 Å². The topological polar surface area (TPSA) is 52.3 Å². The number of carbonyl (C=O) groups excluding carboxylic acids is 1. The molecule has 3 aromatic rings. The van der Waals surface area contributed by atoms with Crippen molar-refractivity contribution in [2.75, 3.05) is 0 Å². The maximum Gasteiger partial charge on any atom is 0.419 e. The summed E-state index contributed by atoms with van der Waals surface area (Å²) in [6, 6.07) is 11.5. The highest BCUT2D eigenvalue weighted by atomic mass is 35.5. The van der Waals surface area contributed by atoms with Crippen molar-refractivity contribution < 1.29 is 27.1 Å². The van der Waals surface area contributed by atoms with Crippen LogP contribution in [0.5, 0.6) is 5.75 Å². The Morgan fingerprint density at radius 1 is 1.11 bits per heavy atom. The highest BCUT2D eigenvalue weighted by molar-refractivity contribution is 6.30. The second-order valence-corrected chi connectivity index (χ2v) is 6.03. The lowest BCUT2D eigenvalue weighted by Gasteiger charge is -2.12. The summed E-state index contributed by atoms with van der Waals surface area (Å²) >= 11 is 5.83. The number of hydrogen-bond donors (Lipinski definition) is 0. The summed E-state index contributed by atoms with van der Waals surface area (Å²) in [5.41, 5.74) is -0.237. The quantitative estimate of drug-likeness (QED) is 0.419. The molecule has 0 unspecified atom stereocenters. The summed E-state index contributed by atoms with van der Waals surface area (Å²) in [5, 5.41) is 0.584. The Labute approximate surface area is 157 Å². The molecule has 0 N–H and O–H groups in total. The van der Waals surface area contributed by atoms with E-state index in [9.17, 15) is 18.0 Å². The van der Waals surface area contributed by atoms with Crippen LogP contribution in [0.3, 0.4) is 0 Å². The zero-order valence-electron chi connectivity index (χ0n) is 13.8. The Balaban J connectivity index is 1.61. The van der Waals surface area contributed by atoms with E-state index in [2.05, 4.69) is 4.98 Å². The van der Waals surface area contributed by atoms with Crippen LogP contribution >= 0.6 is 11.6 Å². The molecule has 0 fully saturated rings. The normalized spacial score (nSPS) is 11.4. The standard InChI is InChI=1S/C19H13ClF3NO3/c20-13-7-5-12(6-8-13)16-11-24-17(26-16)9-10-18(25)27-15-4-2-1-3-14(15)19(21,22)23/h1-8,11H,9-10H2. The second kappa shape index (κ2) is 7.84. The van der Waals surface area contributed by atoms with Gasteiger partial charge in [-0.25, -0.2) is 4.98 Å². The number of alkyl halides is 3. The Morgan fingerprint density at radius 3 is 2.52 bits per heavy atom. The van der Waals surface area contributed by atoms with Gasteiger partial charge in [0, 0.05) is 17.0 Å². The van der Waals surface area contributed by atoms with Crippen LogP contribution in [0.25, 0.3) is 11.3 Å². The van der Waals surface area contributed by atoms with E-state index < -0.39 is 23.5 Å². The highest BCUT2D eigenvalue weighted by Crippen LogP contribution is 2.36. The summed E-state index contributed by atoms with van der Waals surface area (Å²) in [5.74, 6) is -0.555. The Hall–Kier alpha value is -2.80. The van der Waals surface area contributed by atoms with E-state index >= 15 is 0 Å². The van der Waals surface area contributed by atoms with E-state index in [1.165, 1.54) is 18.3 Å². The first-order valence-corrected chi connectivity index (χ1v) is 8.28. The number of oxazole rings is 1. The van der Waals surface area contributed by atoms with E-state index in [0.29, 0.717) is 10.8 Å². The fourth-order valence-corrected chi connectivity index (χ4v) is 2.47. The van der Waals surface area contributed by atoms with Crippen molar-refractivity contribution in [3.05, 3.63) is 71.2 Å². The maximum absolute atomic E-state index is 12.9. The summed E-state index contributed by atoms with van der Waals surface area (Å²) in [4.78, 5) is 16.0. The number of carbonyl (C=O) groups is 1. The van der Waals surface area contributed by atoms with Gasteiger partial charge in [-0.2, -0.15) is 13.2 Å². The van der Waals surface area contributed by atoms with E-state index in [4.69, 9.17) is 20.8 Å². The molecule has 140 valence electrons. The van der Waals surface area contributed by atoms with Gasteiger partial charge in [0.15, 0.2) is 11.7 Å². The molecule has 2 aromatic carbocycles. The summed E-state index contributed by atoms with van der Waals surface area (Å²) in [6.07, 6.45) is -3.18. The van der Waals surface area contributed by atoms with Crippen LogP contribution in [0.1, 0.15) is 17.9 Å². The molecule has 0 radical (unpaired) electrons. The van der Waals surface area contributed by atoms with Crippen molar-refractivity contribution in [2.24, 2.45) is 0 Å². The van der Waals surface area contributed by atoms with Gasteiger partial charge >= 0.3 is 12.1 Å². The van der Waals surface area contributed by atoms with Crippen LogP contribution in [0.4, 0.5) is 13.2 Å². The zero-order chi connectivity index (χ0) is 19.4. The molecule has 1 heterocycles. The lowest BCUT2D eigenvalue weighted by molar-refractivity contribution is -0.142. The predicted octanol–water partition coefficient (Wildman–Crippen LogP) is 5.55. The van der Waals surface area contributed by atoms with E-state index in [1.807, 2.05) is 0 Å². The average Bonchev–Trinajstić information content (AvgIpc) is 3.09. The van der Waals surface area contributed by atoms with E-state index in [-0.39, 0.29) is 18.7 Å². The molecule has 0 aliphatic heterocycles. The van der Waals surface area contributed by atoms with Crippen LogP contribution < -0.4 is 4.74 Å². The molecule has 8 heteroatoms. The number of nitrogens with zero attached hydrogens (tertiary/aromatic N) is 1. The van der Waals surface area contributed by atoms with Gasteiger partial charge in [-0.1, -0.05) is 23.7 Å². The largest absolute Gasteiger partial charge is 0.441 e. The van der Waals surface area contributed by atoms with Crippen molar-refractivity contribution >= 4 is 17.6 Å². The van der Waals surface area contributed by atoms with Gasteiger partial charge in [0.2, 0.25) is 0 Å². The smallest absolute Gasteiger partial charge is 0.419 e. The van der Waals surface area contributed by atoms with Crippen molar-refractivity contribution in [2.45, 2.75) is 19.0 Å². The maximum atomic E-state index is 12.9. The minimum atomic E-state index is -4.60. The van der Waals surface area contributed by atoms with Crippen molar-refractivity contribution in [1.29, 1.82) is 0 Å². The Morgan fingerprint density at radius 2 is 1.81 bits per heavy atom. The van der Waals surface area contributed by atoms with Gasteiger partial charge in [0.25, 0.3) is 0 Å². The number of aromatic nitrogens is 1. The number of esters is 1. The second-order valence-electron chi connectivity index (χ2n) is 5.59. The molecular weight excluding hydrogens is 383 g/mol. The fraction of sp³-hybridized carbons (Fsp3) is 0.158. The van der Waals surface area contributed by atoms with Gasteiger partial charge in [-0.05, 0) is 36.4 Å². The first-order chi connectivity index (χ1) is 12.8. The minimum Gasteiger partial charge on any atom is -0.441 e. The number of halogens is 4. The SMILES string of the molecule is O=C(CCc1ncc(-c2ccc(Cl)cc2)o1)Oc1ccccc1C(F)(F)F. The molecule has 1 aromatic heterocycles. The number of benzene rings is 2. The third kappa shape index (κ3) is 4.89. The van der Waals surface area contributed by atoms with Crippen LogP contribution in [-0.2, 0) is 17.4 Å². The van der Waals surface area contributed by atoms with E-state index in [0.717, 1.165) is 17.7 Å². The molecule has 3 rings (SSSR count). The monoisotopic (exact) mass is 395 g/mol. The first kappa shape index (κ1) is 19.0. The molecule has 0 aliphatic rings. The van der Waals surface area contributed by atoms with Crippen molar-refractivity contribution in [3.8, 4) is 17.1 Å². The van der Waals surface area contributed by atoms with Crippen molar-refractivity contribution in [1.82, 2.24) is 4.98 Å². The van der Waals surface area contributed by atoms with Crippen LogP contribution in [0.15, 0.2) is 59.1 Å².